The Morgan fingerprint density at radius 1 is 0.667 bits per heavy atom. The molecule has 1 atom stereocenters. The molecule has 5 rings (SSSR count). The van der Waals surface area contributed by atoms with Crippen LogP contribution in [0.15, 0.2) is 78.9 Å². The highest BCUT2D eigenvalue weighted by atomic mass is 16.3. The number of hydrogen-bond donors (Lipinski definition) is 1. The van der Waals surface area contributed by atoms with Crippen LogP contribution >= 0.6 is 0 Å². The van der Waals surface area contributed by atoms with Crippen LogP contribution in [0.2, 0.25) is 0 Å². The van der Waals surface area contributed by atoms with Crippen molar-refractivity contribution >= 4 is 0 Å². The number of fused-ring (bicyclic) bond motifs is 3. The predicted molar refractivity (Wildman–Crippen MR) is 109 cm³/mol. The highest BCUT2D eigenvalue weighted by Gasteiger charge is 2.50. The molecule has 3 aromatic rings. The maximum Gasteiger partial charge on any atom is 0.135 e. The third kappa shape index (κ3) is 2.55. The van der Waals surface area contributed by atoms with Crippen LogP contribution in [-0.2, 0) is 5.60 Å². The second kappa shape index (κ2) is 6.63. The van der Waals surface area contributed by atoms with Crippen LogP contribution in [0.4, 0.5) is 0 Å². The van der Waals surface area contributed by atoms with Crippen molar-refractivity contribution in [2.45, 2.75) is 30.9 Å². The molecule has 0 radical (unpaired) electrons. The maximum atomic E-state index is 12.4. The van der Waals surface area contributed by atoms with E-state index < -0.39 is 5.60 Å². The van der Waals surface area contributed by atoms with E-state index >= 15 is 0 Å². The molecule has 0 spiro atoms. The Morgan fingerprint density at radius 2 is 1.19 bits per heavy atom. The quantitative estimate of drug-likeness (QED) is 0.704. The first-order chi connectivity index (χ1) is 13.3. The molecule has 2 heteroatoms. The number of aliphatic hydroxyl groups is 1. The van der Waals surface area contributed by atoms with E-state index in [1.165, 1.54) is 24.8 Å². The van der Waals surface area contributed by atoms with Crippen molar-refractivity contribution in [3.05, 3.63) is 95.6 Å². The van der Waals surface area contributed by atoms with Crippen molar-refractivity contribution in [1.29, 1.82) is 0 Å². The van der Waals surface area contributed by atoms with Crippen LogP contribution < -0.4 is 0 Å². The van der Waals surface area contributed by atoms with E-state index in [1.54, 1.807) is 0 Å². The molecule has 0 unspecified atom stereocenters. The van der Waals surface area contributed by atoms with Gasteiger partial charge in [-0.1, -0.05) is 85.3 Å². The Bertz CT molecular complexity index is 898. The van der Waals surface area contributed by atoms with E-state index in [-0.39, 0.29) is 6.04 Å². The number of piperidine rings is 1. The lowest BCUT2D eigenvalue weighted by Crippen LogP contribution is -2.46. The Labute approximate surface area is 161 Å². The second-order valence-corrected chi connectivity index (χ2v) is 7.77. The van der Waals surface area contributed by atoms with Crippen LogP contribution in [0.1, 0.15) is 42.0 Å². The van der Waals surface area contributed by atoms with E-state index in [9.17, 15) is 5.11 Å². The van der Waals surface area contributed by atoms with E-state index in [2.05, 4.69) is 71.6 Å². The summed E-state index contributed by atoms with van der Waals surface area (Å²) in [5.41, 5.74) is 4.54. The Balaban J connectivity index is 1.75. The summed E-state index contributed by atoms with van der Waals surface area (Å²) >= 11 is 0. The smallest absolute Gasteiger partial charge is 0.135 e. The van der Waals surface area contributed by atoms with Crippen molar-refractivity contribution in [2.24, 2.45) is 0 Å². The van der Waals surface area contributed by atoms with Gasteiger partial charge in [-0.15, -0.1) is 0 Å². The molecular weight excluding hydrogens is 330 g/mol. The van der Waals surface area contributed by atoms with E-state index in [1.807, 2.05) is 12.1 Å². The summed E-state index contributed by atoms with van der Waals surface area (Å²) in [4.78, 5) is 2.50. The van der Waals surface area contributed by atoms with Crippen molar-refractivity contribution in [2.75, 3.05) is 13.1 Å². The van der Waals surface area contributed by atoms with E-state index in [0.29, 0.717) is 0 Å². The van der Waals surface area contributed by atoms with Gasteiger partial charge in [-0.2, -0.15) is 0 Å². The second-order valence-electron chi connectivity index (χ2n) is 7.77. The third-order valence-corrected chi connectivity index (χ3v) is 6.23. The minimum absolute atomic E-state index is 0.0798. The zero-order valence-electron chi connectivity index (χ0n) is 15.5. The number of rotatable bonds is 3. The van der Waals surface area contributed by atoms with Gasteiger partial charge < -0.3 is 5.11 Å². The summed E-state index contributed by atoms with van der Waals surface area (Å²) < 4.78 is 0. The van der Waals surface area contributed by atoms with Crippen LogP contribution in [0, 0.1) is 0 Å². The molecule has 27 heavy (non-hydrogen) atoms. The SMILES string of the molecule is OC1([C@@H](c2ccccc2)N2CCCCC2)c2ccccc2-c2ccccc21. The Kier molecular flexibility index (Phi) is 4.11. The number of hydrogen-bond acceptors (Lipinski definition) is 2. The van der Waals surface area contributed by atoms with Crippen molar-refractivity contribution in [3.63, 3.8) is 0 Å². The lowest BCUT2D eigenvalue weighted by molar-refractivity contribution is -0.0267. The first-order valence-electron chi connectivity index (χ1n) is 10.0. The average Bonchev–Trinajstić information content (AvgIpc) is 3.00. The first kappa shape index (κ1) is 16.7. The van der Waals surface area contributed by atoms with Gasteiger partial charge in [-0.05, 0) is 53.7 Å². The lowest BCUT2D eigenvalue weighted by atomic mass is 9.79. The third-order valence-electron chi connectivity index (χ3n) is 6.23. The number of likely N-dealkylation sites (tertiary alicyclic amines) is 1. The molecule has 0 saturated carbocycles. The molecule has 0 aromatic heterocycles. The summed E-state index contributed by atoms with van der Waals surface area (Å²) in [7, 11) is 0. The number of nitrogens with zero attached hydrogens (tertiary/aromatic N) is 1. The first-order valence-corrected chi connectivity index (χ1v) is 10.0. The average molecular weight is 355 g/mol. The molecule has 1 fully saturated rings. The van der Waals surface area contributed by atoms with Gasteiger partial charge in [0, 0.05) is 0 Å². The Hall–Kier alpha value is -2.42. The molecule has 1 aliphatic heterocycles. The summed E-state index contributed by atoms with van der Waals surface area (Å²) in [5, 5.41) is 12.4. The molecule has 2 nitrogen and oxygen atoms in total. The zero-order chi connectivity index (χ0) is 18.3. The van der Waals surface area contributed by atoms with Gasteiger partial charge in [-0.3, -0.25) is 4.90 Å². The minimum Gasteiger partial charge on any atom is -0.378 e. The van der Waals surface area contributed by atoms with Gasteiger partial charge in [0.1, 0.15) is 5.60 Å². The van der Waals surface area contributed by atoms with Crippen LogP contribution in [-0.4, -0.2) is 23.1 Å². The monoisotopic (exact) mass is 355 g/mol. The molecule has 2 aliphatic rings. The highest BCUT2D eigenvalue weighted by Crippen LogP contribution is 2.54. The van der Waals surface area contributed by atoms with Crippen LogP contribution in [0.3, 0.4) is 0 Å². The molecule has 1 N–H and O–H groups in total. The summed E-state index contributed by atoms with van der Waals surface area (Å²) in [6.45, 7) is 2.07. The van der Waals surface area contributed by atoms with Gasteiger partial charge in [0.15, 0.2) is 0 Å². The molecule has 136 valence electrons. The fourth-order valence-electron chi connectivity index (χ4n) is 5.07. The number of benzene rings is 3. The van der Waals surface area contributed by atoms with Crippen LogP contribution in [0.5, 0.6) is 0 Å². The molecule has 0 amide bonds. The van der Waals surface area contributed by atoms with Crippen LogP contribution in [0.25, 0.3) is 11.1 Å². The van der Waals surface area contributed by atoms with Gasteiger partial charge in [0.25, 0.3) is 0 Å². The summed E-state index contributed by atoms with van der Waals surface area (Å²) in [6, 6.07) is 27.2. The Morgan fingerprint density at radius 3 is 1.78 bits per heavy atom. The molecular formula is C25H25NO. The molecule has 3 aromatic carbocycles. The normalized spacial score (nSPS) is 19.3. The van der Waals surface area contributed by atoms with Crippen molar-refractivity contribution in [3.8, 4) is 11.1 Å². The maximum absolute atomic E-state index is 12.4. The van der Waals surface area contributed by atoms with Crippen molar-refractivity contribution in [1.82, 2.24) is 4.90 Å². The molecule has 0 bridgehead atoms. The zero-order valence-corrected chi connectivity index (χ0v) is 15.5. The lowest BCUT2D eigenvalue weighted by Gasteiger charge is -2.44. The van der Waals surface area contributed by atoms with Gasteiger partial charge >= 0.3 is 0 Å². The molecule has 1 aliphatic carbocycles. The van der Waals surface area contributed by atoms with Gasteiger partial charge in [0.05, 0.1) is 6.04 Å². The molecule has 1 saturated heterocycles. The minimum atomic E-state index is -1.04. The van der Waals surface area contributed by atoms with E-state index in [4.69, 9.17) is 0 Å². The van der Waals surface area contributed by atoms with E-state index in [0.717, 1.165) is 35.3 Å². The molecule has 1 heterocycles. The van der Waals surface area contributed by atoms with Gasteiger partial charge in [0.2, 0.25) is 0 Å². The van der Waals surface area contributed by atoms with Gasteiger partial charge in [-0.25, -0.2) is 0 Å². The fourth-order valence-corrected chi connectivity index (χ4v) is 5.07. The standard InChI is InChI=1S/C25H25NO/c27-25(22-15-7-5-13-20(22)21-14-6-8-16-23(21)25)24(19-11-3-1-4-12-19)26-17-9-2-10-18-26/h1,3-8,11-16,24,27H,2,9-10,17-18H2/t24-/m1/s1. The predicted octanol–water partition coefficient (Wildman–Crippen LogP) is 5.13. The highest BCUT2D eigenvalue weighted by molar-refractivity contribution is 5.80. The van der Waals surface area contributed by atoms with Crippen molar-refractivity contribution < 1.29 is 5.11 Å². The topological polar surface area (TPSA) is 23.5 Å². The summed E-state index contributed by atoms with van der Waals surface area (Å²) in [5.74, 6) is 0. The summed E-state index contributed by atoms with van der Waals surface area (Å²) in [6.07, 6.45) is 3.68. The fraction of sp³-hybridized carbons (Fsp3) is 0.280. The largest absolute Gasteiger partial charge is 0.378 e.